The molecule has 0 aliphatic carbocycles. The van der Waals surface area contributed by atoms with E-state index < -0.39 is 0 Å². The lowest BCUT2D eigenvalue weighted by Gasteiger charge is -2.32. The summed E-state index contributed by atoms with van der Waals surface area (Å²) in [5, 5.41) is 11.6. The van der Waals surface area contributed by atoms with E-state index >= 15 is 0 Å². The summed E-state index contributed by atoms with van der Waals surface area (Å²) >= 11 is 0. The van der Waals surface area contributed by atoms with Crippen LogP contribution in [-0.4, -0.2) is 5.11 Å². The third-order valence-corrected chi connectivity index (χ3v) is 5.44. The zero-order chi connectivity index (χ0) is 21.2. The number of hydrogen-bond donors (Lipinski definition) is 1. The van der Waals surface area contributed by atoms with Crippen molar-refractivity contribution in [2.24, 2.45) is 0 Å². The molecule has 0 saturated carbocycles. The van der Waals surface area contributed by atoms with Crippen molar-refractivity contribution in [2.45, 2.75) is 65.2 Å². The molecule has 152 valence electrons. The van der Waals surface area contributed by atoms with Crippen molar-refractivity contribution in [1.82, 2.24) is 0 Å². The van der Waals surface area contributed by atoms with Crippen LogP contribution in [0.15, 0.2) is 66.7 Å². The average molecular weight is 387 g/mol. The van der Waals surface area contributed by atoms with Gasteiger partial charge < -0.3 is 5.11 Å². The first-order chi connectivity index (χ1) is 13.6. The van der Waals surface area contributed by atoms with Crippen LogP contribution in [0.5, 0.6) is 5.75 Å². The zero-order valence-corrected chi connectivity index (χ0v) is 18.7. The molecule has 3 aromatic carbocycles. The maximum absolute atomic E-state index is 11.6. The highest BCUT2D eigenvalue weighted by atomic mass is 16.3. The first-order valence-corrected chi connectivity index (χ1v) is 10.5. The highest BCUT2D eigenvalue weighted by Crippen LogP contribution is 2.44. The Morgan fingerprint density at radius 1 is 0.586 bits per heavy atom. The number of aromatic hydroxyl groups is 1. The van der Waals surface area contributed by atoms with Gasteiger partial charge in [0.05, 0.1) is 0 Å². The van der Waals surface area contributed by atoms with Crippen LogP contribution in [0, 0.1) is 0 Å². The molecule has 0 heterocycles. The maximum Gasteiger partial charge on any atom is 0.123 e. The van der Waals surface area contributed by atoms with Gasteiger partial charge in [-0.1, -0.05) is 108 Å². The predicted molar refractivity (Wildman–Crippen MR) is 124 cm³/mol. The van der Waals surface area contributed by atoms with Gasteiger partial charge in [-0.3, -0.25) is 0 Å². The Morgan fingerprint density at radius 2 is 0.931 bits per heavy atom. The second-order valence-corrected chi connectivity index (χ2v) is 10.1. The minimum Gasteiger partial charge on any atom is -0.507 e. The second-order valence-electron chi connectivity index (χ2n) is 10.1. The van der Waals surface area contributed by atoms with Crippen molar-refractivity contribution in [3.05, 3.63) is 100 Å². The van der Waals surface area contributed by atoms with Crippen molar-refractivity contribution in [3.63, 3.8) is 0 Å². The Kier molecular flexibility index (Phi) is 5.89. The first-order valence-electron chi connectivity index (χ1n) is 10.5. The van der Waals surface area contributed by atoms with Crippen molar-refractivity contribution >= 4 is 0 Å². The molecule has 3 aromatic rings. The van der Waals surface area contributed by atoms with Crippen LogP contribution in [0.3, 0.4) is 0 Å². The monoisotopic (exact) mass is 386 g/mol. The van der Waals surface area contributed by atoms with Crippen LogP contribution in [0.4, 0.5) is 0 Å². The summed E-state index contributed by atoms with van der Waals surface area (Å²) in [7, 11) is 0. The minimum atomic E-state index is -0.139. The molecule has 0 amide bonds. The number of phenolic OH excluding ortho intramolecular Hbond substituents is 1. The van der Waals surface area contributed by atoms with Crippen LogP contribution >= 0.6 is 0 Å². The minimum absolute atomic E-state index is 0.139. The van der Waals surface area contributed by atoms with Gasteiger partial charge in [0, 0.05) is 11.1 Å². The number of hydrogen-bond acceptors (Lipinski definition) is 1. The van der Waals surface area contributed by atoms with E-state index in [0.717, 1.165) is 24.0 Å². The van der Waals surface area contributed by atoms with Crippen molar-refractivity contribution in [2.75, 3.05) is 0 Å². The summed E-state index contributed by atoms with van der Waals surface area (Å²) < 4.78 is 0. The lowest BCUT2D eigenvalue weighted by atomic mass is 9.73. The van der Waals surface area contributed by atoms with E-state index in [1.54, 1.807) is 0 Å². The van der Waals surface area contributed by atoms with Crippen LogP contribution in [0.2, 0.25) is 0 Å². The Balaban J connectivity index is 2.23. The Labute approximate surface area is 176 Å². The topological polar surface area (TPSA) is 20.2 Å². The summed E-state index contributed by atoms with van der Waals surface area (Å²) in [6.45, 7) is 13.2. The molecule has 0 aromatic heterocycles. The summed E-state index contributed by atoms with van der Waals surface area (Å²) in [4.78, 5) is 0. The third-order valence-electron chi connectivity index (χ3n) is 5.44. The lowest BCUT2D eigenvalue weighted by Crippen LogP contribution is -2.21. The van der Waals surface area contributed by atoms with Gasteiger partial charge in [0.2, 0.25) is 0 Å². The van der Waals surface area contributed by atoms with Gasteiger partial charge >= 0.3 is 0 Å². The molecule has 1 heteroatoms. The molecule has 1 nitrogen and oxygen atoms in total. The molecule has 0 radical (unpaired) electrons. The second kappa shape index (κ2) is 8.06. The molecule has 0 bridgehead atoms. The number of benzene rings is 3. The number of phenols is 1. The van der Waals surface area contributed by atoms with Gasteiger partial charge in [-0.05, 0) is 45.9 Å². The third kappa shape index (κ3) is 4.90. The van der Waals surface area contributed by atoms with Gasteiger partial charge in [-0.2, -0.15) is 0 Å². The van der Waals surface area contributed by atoms with E-state index in [9.17, 15) is 5.11 Å². The largest absolute Gasteiger partial charge is 0.507 e. The van der Waals surface area contributed by atoms with E-state index in [1.165, 1.54) is 22.3 Å². The smallest absolute Gasteiger partial charge is 0.123 e. The van der Waals surface area contributed by atoms with Crippen LogP contribution in [-0.2, 0) is 23.7 Å². The van der Waals surface area contributed by atoms with Crippen molar-refractivity contribution < 1.29 is 5.11 Å². The van der Waals surface area contributed by atoms with Crippen LogP contribution in [0.25, 0.3) is 0 Å². The molecule has 0 spiro atoms. The highest BCUT2D eigenvalue weighted by molar-refractivity contribution is 5.57. The van der Waals surface area contributed by atoms with Gasteiger partial charge in [0.15, 0.2) is 0 Å². The van der Waals surface area contributed by atoms with E-state index in [-0.39, 0.29) is 10.8 Å². The molecule has 1 N–H and O–H groups in total. The maximum atomic E-state index is 11.6. The van der Waals surface area contributed by atoms with Crippen LogP contribution in [0.1, 0.15) is 74.9 Å². The SMILES string of the molecule is CC(C)(C)c1c(Cc2ccccc2)cc(Cc2ccccc2)c(C(C)(C)C)c1O. The molecule has 0 unspecified atom stereocenters. The normalized spacial score (nSPS) is 12.2. The average Bonchev–Trinajstić information content (AvgIpc) is 2.61. The van der Waals surface area contributed by atoms with E-state index in [2.05, 4.69) is 108 Å². The molecule has 0 atom stereocenters. The molecule has 0 saturated heterocycles. The molecular weight excluding hydrogens is 352 g/mol. The molecule has 0 aliphatic heterocycles. The molecular formula is C28H34O. The summed E-state index contributed by atoms with van der Waals surface area (Å²) in [5.74, 6) is 0.476. The molecule has 0 fully saturated rings. The fourth-order valence-electron chi connectivity index (χ4n) is 4.37. The van der Waals surface area contributed by atoms with Gasteiger partial charge in [-0.15, -0.1) is 0 Å². The Hall–Kier alpha value is -2.54. The summed E-state index contributed by atoms with van der Waals surface area (Å²) in [6, 6.07) is 23.4. The molecule has 3 rings (SSSR count). The quantitative estimate of drug-likeness (QED) is 0.504. The standard InChI is InChI=1S/C28H34O/c1-27(2,3)24-22(17-20-13-9-7-10-14-20)19-23(18-21-15-11-8-12-16-21)25(26(24)29)28(4,5)6/h7-16,19,29H,17-18H2,1-6H3. The Bertz CT molecular complexity index is 877. The van der Waals surface area contributed by atoms with Gasteiger partial charge in [0.25, 0.3) is 0 Å². The zero-order valence-electron chi connectivity index (χ0n) is 18.7. The van der Waals surface area contributed by atoms with E-state index in [1.807, 2.05) is 0 Å². The van der Waals surface area contributed by atoms with E-state index in [0.29, 0.717) is 5.75 Å². The van der Waals surface area contributed by atoms with E-state index in [4.69, 9.17) is 0 Å². The lowest BCUT2D eigenvalue weighted by molar-refractivity contribution is 0.419. The van der Waals surface area contributed by atoms with Crippen molar-refractivity contribution in [3.8, 4) is 5.75 Å². The van der Waals surface area contributed by atoms with Crippen molar-refractivity contribution in [1.29, 1.82) is 0 Å². The molecule has 29 heavy (non-hydrogen) atoms. The number of rotatable bonds is 4. The predicted octanol–water partition coefficient (Wildman–Crippen LogP) is 7.17. The Morgan fingerprint density at radius 3 is 1.24 bits per heavy atom. The highest BCUT2D eigenvalue weighted by Gasteiger charge is 2.30. The van der Waals surface area contributed by atoms with Gasteiger partial charge in [0.1, 0.15) is 5.75 Å². The summed E-state index contributed by atoms with van der Waals surface area (Å²) in [5.41, 5.74) is 6.85. The fraction of sp³-hybridized carbons (Fsp3) is 0.357. The molecule has 0 aliphatic rings. The summed E-state index contributed by atoms with van der Waals surface area (Å²) in [6.07, 6.45) is 1.65. The van der Waals surface area contributed by atoms with Crippen LogP contribution < -0.4 is 0 Å². The van der Waals surface area contributed by atoms with Gasteiger partial charge in [-0.25, -0.2) is 0 Å². The first kappa shape index (κ1) is 21.2. The fourth-order valence-corrected chi connectivity index (χ4v) is 4.37.